The number of rotatable bonds is 10. The van der Waals surface area contributed by atoms with E-state index in [1.54, 1.807) is 6.20 Å². The summed E-state index contributed by atoms with van der Waals surface area (Å²) in [7, 11) is 4.00. The molecule has 0 unspecified atom stereocenters. The molecule has 2 aromatic heterocycles. The summed E-state index contributed by atoms with van der Waals surface area (Å²) in [5, 5.41) is 8.48. The van der Waals surface area contributed by atoms with Crippen LogP contribution in [0, 0.1) is 0 Å². The van der Waals surface area contributed by atoms with E-state index in [1.807, 2.05) is 102 Å². The highest BCUT2D eigenvalue weighted by Gasteiger charge is 2.25. The van der Waals surface area contributed by atoms with Gasteiger partial charge in [0.2, 0.25) is 0 Å². The van der Waals surface area contributed by atoms with E-state index in [2.05, 4.69) is 20.3 Å². The van der Waals surface area contributed by atoms with Crippen molar-refractivity contribution >= 4 is 46.8 Å². The predicted molar refractivity (Wildman–Crippen MR) is 170 cm³/mol. The molecule has 0 atom stereocenters. The first-order chi connectivity index (χ1) is 20.6. The van der Waals surface area contributed by atoms with Crippen molar-refractivity contribution in [2.75, 3.05) is 27.2 Å². The zero-order chi connectivity index (χ0) is 30.6. The Balaban J connectivity index is 1.42. The number of ether oxygens (including phenoxy) is 2. The summed E-state index contributed by atoms with van der Waals surface area (Å²) in [6, 6.07) is 17.4. The molecule has 1 amide bonds. The SMILES string of the molecule is CN(C)CCOc1ccc(/C=C/c2nn(C(=O)OC(C)(C)C)c3cc(Sc4ccccc4C(=O)NC4CC4)ccc23)nc1. The standard InChI is InChI=1S/C33H37N5O4S/c1-33(2,3)42-32(40)38-29-20-25(43-30-9-7-6-8-27(30)31(39)35-23-10-11-23)15-16-26(29)28(36-38)17-13-22-12-14-24(21-34-22)41-19-18-37(4)5/h6-9,12-17,20-21,23H,10-11,18-19H2,1-5H3,(H,35,39)/b17-13+. The Morgan fingerprint density at radius 1 is 1.09 bits per heavy atom. The molecule has 43 heavy (non-hydrogen) atoms. The summed E-state index contributed by atoms with van der Waals surface area (Å²) in [5.74, 6) is 0.634. The first-order valence-electron chi connectivity index (χ1n) is 14.3. The first-order valence-corrected chi connectivity index (χ1v) is 15.1. The van der Waals surface area contributed by atoms with E-state index in [1.165, 1.54) is 16.4 Å². The van der Waals surface area contributed by atoms with Gasteiger partial charge >= 0.3 is 6.09 Å². The lowest BCUT2D eigenvalue weighted by Crippen LogP contribution is -2.27. The molecular formula is C33H37N5O4S. The minimum Gasteiger partial charge on any atom is -0.491 e. The van der Waals surface area contributed by atoms with Gasteiger partial charge in [-0.1, -0.05) is 23.9 Å². The molecule has 10 heteroatoms. The Labute approximate surface area is 256 Å². The van der Waals surface area contributed by atoms with Crippen molar-refractivity contribution in [3.8, 4) is 5.75 Å². The molecule has 5 rings (SSSR count). The molecule has 0 radical (unpaired) electrons. The van der Waals surface area contributed by atoms with Gasteiger partial charge in [-0.2, -0.15) is 9.78 Å². The van der Waals surface area contributed by atoms with Crippen LogP contribution in [0.5, 0.6) is 5.75 Å². The number of aromatic nitrogens is 3. The third-order valence-corrected chi connectivity index (χ3v) is 7.56. The molecule has 224 valence electrons. The highest BCUT2D eigenvalue weighted by Crippen LogP contribution is 2.34. The molecule has 0 spiro atoms. The Hall–Kier alpha value is -4.15. The predicted octanol–water partition coefficient (Wildman–Crippen LogP) is 6.37. The van der Waals surface area contributed by atoms with Gasteiger partial charge in [-0.15, -0.1) is 0 Å². The summed E-state index contributed by atoms with van der Waals surface area (Å²) in [6.45, 7) is 6.86. The van der Waals surface area contributed by atoms with E-state index in [9.17, 15) is 9.59 Å². The van der Waals surface area contributed by atoms with Gasteiger partial charge in [0, 0.05) is 27.8 Å². The zero-order valence-electron chi connectivity index (χ0n) is 25.2. The van der Waals surface area contributed by atoms with Gasteiger partial charge in [-0.3, -0.25) is 9.78 Å². The molecule has 2 heterocycles. The van der Waals surface area contributed by atoms with E-state index in [0.29, 0.717) is 29.1 Å². The van der Waals surface area contributed by atoms with Crippen molar-refractivity contribution in [1.82, 2.24) is 25.0 Å². The smallest absolute Gasteiger partial charge is 0.435 e. The maximum atomic E-state index is 13.2. The van der Waals surface area contributed by atoms with Gasteiger partial charge in [0.1, 0.15) is 18.0 Å². The second kappa shape index (κ2) is 13.0. The summed E-state index contributed by atoms with van der Waals surface area (Å²) in [5.41, 5.74) is 1.89. The van der Waals surface area contributed by atoms with Gasteiger partial charge in [-0.05, 0) is 102 Å². The van der Waals surface area contributed by atoms with Crippen LogP contribution in [0.25, 0.3) is 23.1 Å². The Morgan fingerprint density at radius 2 is 1.88 bits per heavy atom. The van der Waals surface area contributed by atoms with Crippen LogP contribution in [-0.2, 0) is 4.74 Å². The highest BCUT2D eigenvalue weighted by molar-refractivity contribution is 7.99. The molecule has 9 nitrogen and oxygen atoms in total. The molecule has 1 aliphatic rings. The number of carbonyl (C=O) groups excluding carboxylic acids is 2. The number of nitrogens with one attached hydrogen (secondary N) is 1. The maximum Gasteiger partial charge on any atom is 0.435 e. The third-order valence-electron chi connectivity index (χ3n) is 6.50. The van der Waals surface area contributed by atoms with Gasteiger partial charge < -0.3 is 19.7 Å². The minimum atomic E-state index is -0.689. The van der Waals surface area contributed by atoms with Crippen LogP contribution in [-0.4, -0.2) is 70.6 Å². The maximum absolute atomic E-state index is 13.2. The average molecular weight is 600 g/mol. The largest absolute Gasteiger partial charge is 0.491 e. The topological polar surface area (TPSA) is 98.6 Å². The van der Waals surface area contributed by atoms with Crippen molar-refractivity contribution in [3.05, 3.63) is 77.7 Å². The highest BCUT2D eigenvalue weighted by atomic mass is 32.2. The summed E-state index contributed by atoms with van der Waals surface area (Å²) in [6.07, 6.45) is 6.86. The van der Waals surface area contributed by atoms with Crippen LogP contribution < -0.4 is 10.1 Å². The number of benzene rings is 2. The van der Waals surface area contributed by atoms with Crippen LogP contribution in [0.1, 0.15) is 55.4 Å². The van der Waals surface area contributed by atoms with Crippen LogP contribution >= 0.6 is 11.8 Å². The molecule has 0 saturated heterocycles. The number of hydrogen-bond acceptors (Lipinski definition) is 8. The molecule has 1 saturated carbocycles. The van der Waals surface area contributed by atoms with Crippen molar-refractivity contribution in [1.29, 1.82) is 0 Å². The summed E-state index contributed by atoms with van der Waals surface area (Å²) < 4.78 is 12.7. The van der Waals surface area contributed by atoms with Gasteiger partial charge in [0.15, 0.2) is 0 Å². The normalized spacial score (nSPS) is 13.5. The molecule has 4 aromatic rings. The number of pyridine rings is 1. The third kappa shape index (κ3) is 8.24. The van der Waals surface area contributed by atoms with Crippen molar-refractivity contribution < 1.29 is 19.1 Å². The number of fused-ring (bicyclic) bond motifs is 1. The lowest BCUT2D eigenvalue weighted by atomic mass is 10.2. The fourth-order valence-electron chi connectivity index (χ4n) is 4.20. The van der Waals surface area contributed by atoms with Crippen LogP contribution in [0.2, 0.25) is 0 Å². The fraction of sp³-hybridized carbons (Fsp3) is 0.333. The van der Waals surface area contributed by atoms with E-state index in [4.69, 9.17) is 9.47 Å². The van der Waals surface area contributed by atoms with Crippen molar-refractivity contribution in [2.45, 2.75) is 55.0 Å². The number of hydrogen-bond donors (Lipinski definition) is 1. The molecule has 1 N–H and O–H groups in total. The Morgan fingerprint density at radius 3 is 2.58 bits per heavy atom. The lowest BCUT2D eigenvalue weighted by molar-refractivity contribution is 0.0522. The Bertz CT molecular complexity index is 1640. The quantitative estimate of drug-likeness (QED) is 0.225. The van der Waals surface area contributed by atoms with Crippen LogP contribution in [0.4, 0.5) is 4.79 Å². The van der Waals surface area contributed by atoms with E-state index < -0.39 is 11.7 Å². The fourth-order valence-corrected chi connectivity index (χ4v) is 5.17. The average Bonchev–Trinajstić information content (AvgIpc) is 3.69. The van der Waals surface area contributed by atoms with E-state index >= 15 is 0 Å². The number of carbonyl (C=O) groups is 2. The minimum absolute atomic E-state index is 0.0698. The second-order valence-corrected chi connectivity index (χ2v) is 12.8. The molecule has 0 bridgehead atoms. The summed E-state index contributed by atoms with van der Waals surface area (Å²) >= 11 is 1.47. The lowest BCUT2D eigenvalue weighted by Gasteiger charge is -2.19. The second-order valence-electron chi connectivity index (χ2n) is 11.7. The molecular weight excluding hydrogens is 562 g/mol. The van der Waals surface area contributed by atoms with E-state index in [-0.39, 0.29) is 11.9 Å². The molecule has 0 aliphatic heterocycles. The molecule has 1 fully saturated rings. The zero-order valence-corrected chi connectivity index (χ0v) is 26.0. The molecule has 1 aliphatic carbocycles. The number of likely N-dealkylation sites (N-methyl/N-ethyl adjacent to an activating group) is 1. The molecule has 2 aromatic carbocycles. The van der Waals surface area contributed by atoms with Crippen molar-refractivity contribution in [2.24, 2.45) is 0 Å². The van der Waals surface area contributed by atoms with Gasteiger partial charge in [0.05, 0.1) is 28.7 Å². The van der Waals surface area contributed by atoms with Crippen LogP contribution in [0.3, 0.4) is 0 Å². The monoisotopic (exact) mass is 599 g/mol. The van der Waals surface area contributed by atoms with Gasteiger partial charge in [0.25, 0.3) is 5.91 Å². The van der Waals surface area contributed by atoms with Crippen molar-refractivity contribution in [3.63, 3.8) is 0 Å². The van der Waals surface area contributed by atoms with Gasteiger partial charge in [-0.25, -0.2) is 4.79 Å². The number of amides is 1. The van der Waals surface area contributed by atoms with E-state index in [0.717, 1.165) is 40.3 Å². The summed E-state index contributed by atoms with van der Waals surface area (Å²) in [4.78, 5) is 34.3. The first kappa shape index (κ1) is 30.3. The van der Waals surface area contributed by atoms with Crippen LogP contribution in [0.15, 0.2) is 70.6 Å². The number of nitrogens with zero attached hydrogens (tertiary/aromatic N) is 4. The Kier molecular flexibility index (Phi) is 9.17.